The van der Waals surface area contributed by atoms with Gasteiger partial charge >= 0.3 is 0 Å². The monoisotopic (exact) mass is 319 g/mol. The number of benzene rings is 1. The standard InChI is InChI=1S/C18H17N5O/c24-17-13-6-5-11(9-15(13)19-10-20-17)16-12-3-1-4-14(12)21-18(22-16)23-7-2-8-23/h5-6,9-10H,1-4,7-8H2,(H,19,20,24). The molecule has 3 aromatic rings. The number of nitrogens with one attached hydrogen (secondary N) is 1. The van der Waals surface area contributed by atoms with E-state index in [4.69, 9.17) is 9.97 Å². The Kier molecular flexibility index (Phi) is 2.92. The SMILES string of the molecule is O=c1[nH]cnc2cc(-c3nc(N4CCC4)nc4c3CCC4)ccc12. The molecule has 1 fully saturated rings. The summed E-state index contributed by atoms with van der Waals surface area (Å²) in [5.74, 6) is 0.843. The van der Waals surface area contributed by atoms with E-state index in [1.807, 2.05) is 18.2 Å². The molecule has 1 N–H and O–H groups in total. The summed E-state index contributed by atoms with van der Waals surface area (Å²) in [6, 6.07) is 5.77. The van der Waals surface area contributed by atoms with E-state index in [0.717, 1.165) is 49.6 Å². The topological polar surface area (TPSA) is 74.8 Å². The number of anilines is 1. The smallest absolute Gasteiger partial charge is 0.258 e. The second-order valence-corrected chi connectivity index (χ2v) is 6.46. The van der Waals surface area contributed by atoms with E-state index in [1.54, 1.807) is 0 Å². The van der Waals surface area contributed by atoms with Crippen LogP contribution in [0.15, 0.2) is 29.3 Å². The van der Waals surface area contributed by atoms with Crippen molar-refractivity contribution in [2.75, 3.05) is 18.0 Å². The van der Waals surface area contributed by atoms with Crippen LogP contribution < -0.4 is 10.5 Å². The van der Waals surface area contributed by atoms with Gasteiger partial charge in [-0.3, -0.25) is 4.79 Å². The van der Waals surface area contributed by atoms with Crippen molar-refractivity contribution >= 4 is 16.9 Å². The Morgan fingerprint density at radius 2 is 2.00 bits per heavy atom. The molecule has 1 saturated heterocycles. The fraction of sp³-hybridized carbons (Fsp3) is 0.333. The van der Waals surface area contributed by atoms with Crippen molar-refractivity contribution in [1.82, 2.24) is 19.9 Å². The summed E-state index contributed by atoms with van der Waals surface area (Å²) >= 11 is 0. The normalized spacial score (nSPS) is 16.2. The van der Waals surface area contributed by atoms with Crippen LogP contribution in [0.4, 0.5) is 5.95 Å². The number of fused-ring (bicyclic) bond motifs is 2. The largest absolute Gasteiger partial charge is 0.341 e. The predicted octanol–water partition coefficient (Wildman–Crippen LogP) is 2.08. The molecular formula is C18H17N5O. The van der Waals surface area contributed by atoms with Crippen molar-refractivity contribution in [3.63, 3.8) is 0 Å². The van der Waals surface area contributed by atoms with Gasteiger partial charge in [0, 0.05) is 29.9 Å². The van der Waals surface area contributed by atoms with Crippen LogP contribution >= 0.6 is 0 Å². The van der Waals surface area contributed by atoms with Gasteiger partial charge in [0.1, 0.15) is 0 Å². The molecule has 1 aromatic carbocycles. The third-order valence-electron chi connectivity index (χ3n) is 4.98. The van der Waals surface area contributed by atoms with Crippen LogP contribution in [0, 0.1) is 0 Å². The molecule has 1 aliphatic carbocycles. The van der Waals surface area contributed by atoms with Crippen molar-refractivity contribution in [2.45, 2.75) is 25.7 Å². The van der Waals surface area contributed by atoms with Gasteiger partial charge in [-0.2, -0.15) is 0 Å². The maximum Gasteiger partial charge on any atom is 0.258 e. The van der Waals surface area contributed by atoms with Gasteiger partial charge in [-0.25, -0.2) is 15.0 Å². The summed E-state index contributed by atoms with van der Waals surface area (Å²) in [6.07, 6.45) is 5.83. The Hall–Kier alpha value is -2.76. The molecule has 0 spiro atoms. The minimum Gasteiger partial charge on any atom is -0.341 e. The van der Waals surface area contributed by atoms with Crippen LogP contribution in [0.1, 0.15) is 24.1 Å². The number of H-pyrrole nitrogens is 1. The number of aromatic amines is 1. The molecule has 0 amide bonds. The highest BCUT2D eigenvalue weighted by atomic mass is 16.1. The Bertz CT molecular complexity index is 1010. The zero-order chi connectivity index (χ0) is 16.1. The second kappa shape index (κ2) is 5.12. The average molecular weight is 319 g/mol. The van der Waals surface area contributed by atoms with Crippen molar-refractivity contribution in [2.24, 2.45) is 0 Å². The number of aromatic nitrogens is 4. The molecule has 1 aliphatic heterocycles. The Morgan fingerprint density at radius 3 is 2.83 bits per heavy atom. The zero-order valence-electron chi connectivity index (χ0n) is 13.2. The molecule has 3 heterocycles. The third-order valence-corrected chi connectivity index (χ3v) is 4.98. The van der Waals surface area contributed by atoms with Gasteiger partial charge < -0.3 is 9.88 Å². The zero-order valence-corrected chi connectivity index (χ0v) is 13.2. The fourth-order valence-corrected chi connectivity index (χ4v) is 3.53. The molecule has 120 valence electrons. The Labute approximate surface area is 138 Å². The average Bonchev–Trinajstić information content (AvgIpc) is 3.01. The van der Waals surface area contributed by atoms with Gasteiger partial charge in [-0.15, -0.1) is 0 Å². The first-order chi connectivity index (χ1) is 11.8. The molecule has 0 atom stereocenters. The molecule has 0 bridgehead atoms. The summed E-state index contributed by atoms with van der Waals surface area (Å²) in [4.78, 5) is 30.7. The predicted molar refractivity (Wildman–Crippen MR) is 92.2 cm³/mol. The van der Waals surface area contributed by atoms with E-state index >= 15 is 0 Å². The maximum absolute atomic E-state index is 11.9. The number of hydrogen-bond donors (Lipinski definition) is 1. The van der Waals surface area contributed by atoms with Crippen LogP contribution in [-0.2, 0) is 12.8 Å². The van der Waals surface area contributed by atoms with Crippen molar-refractivity contribution in [1.29, 1.82) is 0 Å². The third kappa shape index (κ3) is 2.02. The molecule has 6 nitrogen and oxygen atoms in total. The number of rotatable bonds is 2. The van der Waals surface area contributed by atoms with E-state index < -0.39 is 0 Å². The summed E-state index contributed by atoms with van der Waals surface area (Å²) in [5.41, 5.74) is 5.04. The van der Waals surface area contributed by atoms with Crippen molar-refractivity contribution < 1.29 is 0 Å². The number of nitrogens with zero attached hydrogens (tertiary/aromatic N) is 4. The number of hydrogen-bond acceptors (Lipinski definition) is 5. The molecule has 0 saturated carbocycles. The van der Waals surface area contributed by atoms with E-state index in [2.05, 4.69) is 14.9 Å². The molecule has 2 aliphatic rings. The second-order valence-electron chi connectivity index (χ2n) is 6.46. The lowest BCUT2D eigenvalue weighted by Crippen LogP contribution is -2.38. The van der Waals surface area contributed by atoms with Crippen LogP contribution in [0.3, 0.4) is 0 Å². The molecule has 24 heavy (non-hydrogen) atoms. The van der Waals surface area contributed by atoms with Crippen molar-refractivity contribution in [3.8, 4) is 11.3 Å². The molecule has 0 radical (unpaired) electrons. The summed E-state index contributed by atoms with van der Waals surface area (Å²) in [6.45, 7) is 2.07. The van der Waals surface area contributed by atoms with E-state index in [1.165, 1.54) is 24.0 Å². The summed E-state index contributed by atoms with van der Waals surface area (Å²) in [5, 5.41) is 0.606. The highest BCUT2D eigenvalue weighted by Crippen LogP contribution is 2.33. The molecular weight excluding hydrogens is 302 g/mol. The van der Waals surface area contributed by atoms with E-state index in [9.17, 15) is 4.79 Å². The van der Waals surface area contributed by atoms with E-state index in [0.29, 0.717) is 10.9 Å². The van der Waals surface area contributed by atoms with Gasteiger partial charge in [0.15, 0.2) is 0 Å². The lowest BCUT2D eigenvalue weighted by atomic mass is 10.0. The maximum atomic E-state index is 11.9. The highest BCUT2D eigenvalue weighted by Gasteiger charge is 2.24. The lowest BCUT2D eigenvalue weighted by Gasteiger charge is -2.31. The quantitative estimate of drug-likeness (QED) is 0.783. The lowest BCUT2D eigenvalue weighted by molar-refractivity contribution is 0.599. The Morgan fingerprint density at radius 1 is 1.08 bits per heavy atom. The first-order valence-corrected chi connectivity index (χ1v) is 8.42. The summed E-state index contributed by atoms with van der Waals surface area (Å²) < 4.78 is 0. The summed E-state index contributed by atoms with van der Waals surface area (Å²) in [7, 11) is 0. The van der Waals surface area contributed by atoms with Gasteiger partial charge in [0.2, 0.25) is 5.95 Å². The van der Waals surface area contributed by atoms with Crippen LogP contribution in [0.5, 0.6) is 0 Å². The van der Waals surface area contributed by atoms with Crippen LogP contribution in [0.25, 0.3) is 22.2 Å². The number of aryl methyl sites for hydroxylation is 1. The van der Waals surface area contributed by atoms with Crippen LogP contribution in [-0.4, -0.2) is 33.0 Å². The Balaban J connectivity index is 1.71. The minimum atomic E-state index is -0.110. The first kappa shape index (κ1) is 13.7. The highest BCUT2D eigenvalue weighted by molar-refractivity contribution is 5.83. The molecule has 6 heteroatoms. The van der Waals surface area contributed by atoms with Gasteiger partial charge in [-0.05, 0) is 37.8 Å². The first-order valence-electron chi connectivity index (χ1n) is 8.42. The van der Waals surface area contributed by atoms with Gasteiger partial charge in [0.25, 0.3) is 5.56 Å². The van der Waals surface area contributed by atoms with E-state index in [-0.39, 0.29) is 5.56 Å². The molecule has 2 aromatic heterocycles. The molecule has 0 unspecified atom stereocenters. The van der Waals surface area contributed by atoms with Crippen LogP contribution in [0.2, 0.25) is 0 Å². The molecule has 5 rings (SSSR count). The van der Waals surface area contributed by atoms with Gasteiger partial charge in [0.05, 0.1) is 22.9 Å². The fourth-order valence-electron chi connectivity index (χ4n) is 3.53. The van der Waals surface area contributed by atoms with Gasteiger partial charge in [-0.1, -0.05) is 6.07 Å². The minimum absolute atomic E-state index is 0.110. The van der Waals surface area contributed by atoms with Crippen molar-refractivity contribution in [3.05, 3.63) is 46.1 Å².